The second-order valence-electron chi connectivity index (χ2n) is 6.74. The highest BCUT2D eigenvalue weighted by atomic mass is 32.2. The van der Waals surface area contributed by atoms with Gasteiger partial charge in [-0.2, -0.15) is 0 Å². The van der Waals surface area contributed by atoms with E-state index >= 15 is 0 Å². The van der Waals surface area contributed by atoms with Crippen LogP contribution in [0.5, 0.6) is 0 Å². The maximum absolute atomic E-state index is 13.8. The highest BCUT2D eigenvalue weighted by Crippen LogP contribution is 2.36. The molecule has 24 heavy (non-hydrogen) atoms. The fourth-order valence-electron chi connectivity index (χ4n) is 3.12. The van der Waals surface area contributed by atoms with Gasteiger partial charge in [0.2, 0.25) is 0 Å². The molecule has 2 N–H and O–H groups in total. The molecule has 0 radical (unpaired) electrons. The minimum Gasteiger partial charge on any atom is -0.376 e. The lowest BCUT2D eigenvalue weighted by atomic mass is 9.91. The molecule has 0 bridgehead atoms. The molecule has 0 spiro atoms. The van der Waals surface area contributed by atoms with Crippen molar-refractivity contribution in [2.45, 2.75) is 39.2 Å². The Bertz CT molecular complexity index is 880. The van der Waals surface area contributed by atoms with Gasteiger partial charge in [-0.15, -0.1) is 0 Å². The zero-order valence-corrected chi connectivity index (χ0v) is 14.8. The van der Waals surface area contributed by atoms with Gasteiger partial charge in [0.25, 0.3) is 10.0 Å². The molecule has 0 fully saturated rings. The van der Waals surface area contributed by atoms with E-state index in [4.69, 9.17) is 0 Å². The van der Waals surface area contributed by atoms with Crippen molar-refractivity contribution in [2.75, 3.05) is 10.0 Å². The van der Waals surface area contributed by atoms with Crippen molar-refractivity contribution in [1.82, 2.24) is 0 Å². The zero-order chi connectivity index (χ0) is 17.5. The molecule has 3 rings (SSSR count). The average molecular weight is 348 g/mol. The highest BCUT2D eigenvalue weighted by molar-refractivity contribution is 7.96. The van der Waals surface area contributed by atoms with Crippen LogP contribution in [-0.4, -0.2) is 14.0 Å². The van der Waals surface area contributed by atoms with Crippen LogP contribution in [0.2, 0.25) is 0 Å². The van der Waals surface area contributed by atoms with Crippen LogP contribution in [0.1, 0.15) is 39.2 Å². The summed E-state index contributed by atoms with van der Waals surface area (Å²) in [6.45, 7) is 6.13. The first-order chi connectivity index (χ1) is 11.2. The highest BCUT2D eigenvalue weighted by Gasteiger charge is 2.25. The molecule has 1 aliphatic heterocycles. The molecule has 0 saturated heterocycles. The fraction of sp³-hybridized carbons (Fsp3) is 0.333. The lowest BCUT2D eigenvalue weighted by molar-refractivity contribution is 0.596. The molecular formula is C18H21FN2O2S. The van der Waals surface area contributed by atoms with E-state index in [2.05, 4.69) is 30.0 Å². The van der Waals surface area contributed by atoms with E-state index in [9.17, 15) is 12.8 Å². The Morgan fingerprint density at radius 3 is 2.62 bits per heavy atom. The number of halogens is 1. The standard InChI is InChI=1S/C18H21FN2O2S/c1-12-11-18(2,3)20-16-9-8-13(10-14(12)16)21-24(22,23)17-7-5-4-6-15(17)19/h6-11,20-21H,4-5H2,1-3H3. The second-order valence-corrected chi connectivity index (χ2v) is 8.39. The lowest BCUT2D eigenvalue weighted by Gasteiger charge is -2.31. The number of sulfonamides is 1. The number of anilines is 2. The van der Waals surface area contributed by atoms with Crippen molar-refractivity contribution in [3.8, 4) is 0 Å². The summed E-state index contributed by atoms with van der Waals surface area (Å²) in [4.78, 5) is -0.280. The van der Waals surface area contributed by atoms with Crippen LogP contribution in [0.15, 0.2) is 47.2 Å². The molecule has 6 heteroatoms. The molecule has 1 aromatic carbocycles. The quantitative estimate of drug-likeness (QED) is 0.841. The Morgan fingerprint density at radius 1 is 1.21 bits per heavy atom. The van der Waals surface area contributed by atoms with Crippen LogP contribution in [0.25, 0.3) is 5.57 Å². The van der Waals surface area contributed by atoms with E-state index in [1.165, 1.54) is 12.2 Å². The number of hydrogen-bond acceptors (Lipinski definition) is 3. The van der Waals surface area contributed by atoms with Crippen LogP contribution in [0.3, 0.4) is 0 Å². The van der Waals surface area contributed by atoms with E-state index in [0.29, 0.717) is 18.5 Å². The van der Waals surface area contributed by atoms with Gasteiger partial charge in [0.15, 0.2) is 0 Å². The van der Waals surface area contributed by atoms with Crippen LogP contribution < -0.4 is 10.0 Å². The molecule has 0 unspecified atom stereocenters. The Hall–Kier alpha value is -2.08. The van der Waals surface area contributed by atoms with Gasteiger partial charge in [-0.1, -0.05) is 12.2 Å². The third kappa shape index (κ3) is 3.24. The number of allylic oxidation sites excluding steroid dienone is 4. The third-order valence-electron chi connectivity index (χ3n) is 4.08. The summed E-state index contributed by atoms with van der Waals surface area (Å²) in [5.41, 5.74) is 3.22. The molecule has 0 amide bonds. The summed E-state index contributed by atoms with van der Waals surface area (Å²) in [6, 6.07) is 5.29. The van der Waals surface area contributed by atoms with Gasteiger partial charge in [-0.05, 0) is 63.5 Å². The van der Waals surface area contributed by atoms with Gasteiger partial charge in [0.05, 0.1) is 5.54 Å². The summed E-state index contributed by atoms with van der Waals surface area (Å²) < 4.78 is 41.2. The Morgan fingerprint density at radius 2 is 1.92 bits per heavy atom. The van der Waals surface area contributed by atoms with E-state index < -0.39 is 15.9 Å². The third-order valence-corrected chi connectivity index (χ3v) is 5.52. The van der Waals surface area contributed by atoms with E-state index in [1.807, 2.05) is 13.0 Å². The Balaban J connectivity index is 1.92. The number of nitrogens with one attached hydrogen (secondary N) is 2. The molecule has 2 aliphatic rings. The van der Waals surface area contributed by atoms with Crippen molar-refractivity contribution in [3.05, 3.63) is 52.7 Å². The maximum atomic E-state index is 13.8. The molecule has 4 nitrogen and oxygen atoms in total. The van der Waals surface area contributed by atoms with E-state index in [0.717, 1.165) is 16.8 Å². The van der Waals surface area contributed by atoms with Crippen LogP contribution in [0.4, 0.5) is 15.8 Å². The zero-order valence-electron chi connectivity index (χ0n) is 14.0. The molecule has 128 valence electrons. The molecule has 0 atom stereocenters. The molecule has 1 heterocycles. The lowest BCUT2D eigenvalue weighted by Crippen LogP contribution is -2.31. The van der Waals surface area contributed by atoms with Gasteiger partial charge < -0.3 is 5.32 Å². The summed E-state index contributed by atoms with van der Waals surface area (Å²) >= 11 is 0. The van der Waals surface area contributed by atoms with Crippen molar-refractivity contribution < 1.29 is 12.8 Å². The first-order valence-corrected chi connectivity index (χ1v) is 9.37. The van der Waals surface area contributed by atoms with Crippen LogP contribution in [0, 0.1) is 0 Å². The summed E-state index contributed by atoms with van der Waals surface area (Å²) in [6.07, 6.45) is 5.87. The fourth-order valence-corrected chi connectivity index (χ4v) is 4.34. The first kappa shape index (κ1) is 16.8. The van der Waals surface area contributed by atoms with Gasteiger partial charge in [0.1, 0.15) is 10.7 Å². The normalized spacial score (nSPS) is 19.4. The second kappa shape index (κ2) is 5.77. The SMILES string of the molecule is CC1=CC(C)(C)Nc2ccc(NS(=O)(=O)C3=CCCC=C3F)cc21. The van der Waals surface area contributed by atoms with Crippen molar-refractivity contribution >= 4 is 27.0 Å². The average Bonchev–Trinajstić information content (AvgIpc) is 2.47. The molecule has 1 aliphatic carbocycles. The maximum Gasteiger partial charge on any atom is 0.264 e. The monoisotopic (exact) mass is 348 g/mol. The van der Waals surface area contributed by atoms with Gasteiger partial charge in [-0.25, -0.2) is 12.8 Å². The van der Waals surface area contributed by atoms with Crippen molar-refractivity contribution in [1.29, 1.82) is 0 Å². The van der Waals surface area contributed by atoms with E-state index in [-0.39, 0.29) is 10.4 Å². The van der Waals surface area contributed by atoms with Crippen molar-refractivity contribution in [3.63, 3.8) is 0 Å². The first-order valence-electron chi connectivity index (χ1n) is 7.89. The topological polar surface area (TPSA) is 58.2 Å². The number of fused-ring (bicyclic) bond motifs is 1. The minimum atomic E-state index is -3.92. The molecular weight excluding hydrogens is 327 g/mol. The number of benzene rings is 1. The Kier molecular flexibility index (Phi) is 4.03. The van der Waals surface area contributed by atoms with Crippen molar-refractivity contribution in [2.24, 2.45) is 0 Å². The number of hydrogen-bond donors (Lipinski definition) is 2. The van der Waals surface area contributed by atoms with E-state index in [1.54, 1.807) is 12.1 Å². The predicted molar refractivity (Wildman–Crippen MR) is 96.8 cm³/mol. The summed E-state index contributed by atoms with van der Waals surface area (Å²) in [5.74, 6) is -0.689. The van der Waals surface area contributed by atoms with Gasteiger partial charge >= 0.3 is 0 Å². The largest absolute Gasteiger partial charge is 0.376 e. The predicted octanol–water partition coefficient (Wildman–Crippen LogP) is 4.57. The molecule has 0 saturated carbocycles. The van der Waals surface area contributed by atoms with Gasteiger partial charge in [-0.3, -0.25) is 4.72 Å². The minimum absolute atomic E-state index is 0.154. The Labute approximate surface area is 142 Å². The molecule has 0 aromatic heterocycles. The van der Waals surface area contributed by atoms with Crippen LogP contribution in [-0.2, 0) is 10.0 Å². The smallest absolute Gasteiger partial charge is 0.264 e. The molecule has 1 aromatic rings. The van der Waals surface area contributed by atoms with Gasteiger partial charge in [0, 0.05) is 16.9 Å². The summed E-state index contributed by atoms with van der Waals surface area (Å²) in [5, 5.41) is 3.39. The van der Waals surface area contributed by atoms with Crippen LogP contribution >= 0.6 is 0 Å². The summed E-state index contributed by atoms with van der Waals surface area (Å²) in [7, 11) is -3.92. The number of rotatable bonds is 3.